The van der Waals surface area contributed by atoms with Gasteiger partial charge in [-0.05, 0) is 53.8 Å². The molecule has 2 aliphatic heterocycles. The Morgan fingerprint density at radius 2 is 1.22 bits per heavy atom. The number of hydrogen-bond donors (Lipinski definition) is 3. The lowest BCUT2D eigenvalue weighted by molar-refractivity contribution is 0.414. The van der Waals surface area contributed by atoms with Gasteiger partial charge in [0.15, 0.2) is 0 Å². The zero-order valence-corrected chi connectivity index (χ0v) is 25.7. The Morgan fingerprint density at radius 1 is 0.707 bits per heavy atom. The molecule has 2 aromatic carbocycles. The number of anilines is 1. The number of rotatable bonds is 7. The molecule has 0 aliphatic carbocycles. The second-order valence-electron chi connectivity index (χ2n) is 9.52. The zero-order valence-electron chi connectivity index (χ0n) is 24.1. The van der Waals surface area contributed by atoms with Crippen LogP contribution in [0.25, 0.3) is 0 Å². The Labute approximate surface area is 250 Å². The number of benzene rings is 2. The largest absolute Gasteiger partial charge is 0.497 e. The first-order valence-corrected chi connectivity index (χ1v) is 15.4. The van der Waals surface area contributed by atoms with Crippen LogP contribution in [0.3, 0.4) is 0 Å². The standard InChI is InChI=1S/C14H18N4OS.C11H12N2OS.C4H10N2/c1-19-12-4-2-3-11(9-12)10-13-16-14(20-17-13)18-7-5-15-6-8-18;1-8-12-11(13-15-8)7-9-4-3-5-10(6-9)14-2;1-2-6-4-3-5-1/h2-4,9,15H,5-8,10H2,1H3;3-6H,7H2,1-2H3;5-6H,1-4H2. The number of aromatic nitrogens is 4. The van der Waals surface area contributed by atoms with Crippen molar-refractivity contribution in [3.05, 3.63) is 76.3 Å². The monoisotopic (exact) mass is 596 g/mol. The van der Waals surface area contributed by atoms with Gasteiger partial charge in [-0.1, -0.05) is 24.3 Å². The molecule has 220 valence electrons. The first-order chi connectivity index (χ1) is 20.1. The summed E-state index contributed by atoms with van der Waals surface area (Å²) < 4.78 is 19.1. The molecule has 2 saturated heterocycles. The van der Waals surface area contributed by atoms with E-state index < -0.39 is 0 Å². The molecule has 0 radical (unpaired) electrons. The van der Waals surface area contributed by atoms with Crippen LogP contribution >= 0.6 is 23.1 Å². The molecule has 0 unspecified atom stereocenters. The number of ether oxygens (including phenoxy) is 2. The van der Waals surface area contributed by atoms with Crippen molar-refractivity contribution in [3.63, 3.8) is 0 Å². The van der Waals surface area contributed by atoms with Crippen molar-refractivity contribution in [2.75, 3.05) is 71.5 Å². The van der Waals surface area contributed by atoms with Crippen molar-refractivity contribution >= 4 is 28.2 Å². The Bertz CT molecular complexity index is 1290. The van der Waals surface area contributed by atoms with Crippen LogP contribution in [0, 0.1) is 6.92 Å². The first kappa shape index (κ1) is 30.8. The number of aryl methyl sites for hydroxylation is 1. The van der Waals surface area contributed by atoms with Gasteiger partial charge in [0.2, 0.25) is 5.13 Å². The molecule has 0 amide bonds. The van der Waals surface area contributed by atoms with Gasteiger partial charge >= 0.3 is 0 Å². The molecule has 0 spiro atoms. The molecule has 2 aliphatic rings. The lowest BCUT2D eigenvalue weighted by atomic mass is 10.1. The minimum absolute atomic E-state index is 0.750. The fourth-order valence-electron chi connectivity index (χ4n) is 4.25. The fourth-order valence-corrected chi connectivity index (χ4v) is 5.47. The summed E-state index contributed by atoms with van der Waals surface area (Å²) in [6.45, 7) is 10.6. The van der Waals surface area contributed by atoms with Gasteiger partial charge < -0.3 is 30.3 Å². The highest BCUT2D eigenvalue weighted by molar-refractivity contribution is 7.09. The third-order valence-corrected chi connectivity index (χ3v) is 7.84. The fraction of sp³-hybridized carbons (Fsp3) is 0.448. The van der Waals surface area contributed by atoms with E-state index in [-0.39, 0.29) is 0 Å². The van der Waals surface area contributed by atoms with Crippen LogP contribution in [0.15, 0.2) is 48.5 Å². The SMILES string of the molecule is C1CNCCN1.COc1cccc(Cc2nsc(C)n2)c1.COc1cccc(Cc2nsc(N3CCNCC3)n2)c1. The average molecular weight is 597 g/mol. The predicted molar refractivity (Wildman–Crippen MR) is 167 cm³/mol. The highest BCUT2D eigenvalue weighted by Crippen LogP contribution is 2.21. The lowest BCUT2D eigenvalue weighted by Gasteiger charge is -2.26. The smallest absolute Gasteiger partial charge is 0.205 e. The molecule has 0 atom stereocenters. The first-order valence-electron chi connectivity index (χ1n) is 13.9. The molecule has 6 rings (SSSR count). The van der Waals surface area contributed by atoms with Gasteiger partial charge in [0.1, 0.15) is 28.2 Å². The van der Waals surface area contributed by atoms with Crippen LogP contribution < -0.4 is 30.3 Å². The van der Waals surface area contributed by atoms with E-state index >= 15 is 0 Å². The van der Waals surface area contributed by atoms with E-state index in [0.29, 0.717) is 0 Å². The lowest BCUT2D eigenvalue weighted by Crippen LogP contribution is -2.43. The Kier molecular flexibility index (Phi) is 12.7. The number of nitrogens with zero attached hydrogens (tertiary/aromatic N) is 5. The maximum atomic E-state index is 5.24. The predicted octanol–water partition coefficient (Wildman–Crippen LogP) is 3.17. The number of piperazine rings is 2. The minimum atomic E-state index is 0.750. The normalized spacial score (nSPS) is 14.8. The Balaban J connectivity index is 0.000000161. The molecule has 3 N–H and O–H groups in total. The molecule has 2 fully saturated rings. The van der Waals surface area contributed by atoms with Crippen LogP contribution in [-0.4, -0.2) is 85.3 Å². The number of nitrogens with one attached hydrogen (secondary N) is 3. The summed E-state index contributed by atoms with van der Waals surface area (Å²) in [6.07, 6.45) is 1.52. The molecule has 4 aromatic rings. The van der Waals surface area contributed by atoms with E-state index in [1.165, 1.54) is 34.2 Å². The van der Waals surface area contributed by atoms with Crippen LogP contribution in [0.4, 0.5) is 5.13 Å². The molecule has 4 heterocycles. The average Bonchev–Trinajstić information content (AvgIpc) is 3.68. The summed E-state index contributed by atoms with van der Waals surface area (Å²) in [5.41, 5.74) is 2.35. The summed E-state index contributed by atoms with van der Waals surface area (Å²) in [4.78, 5) is 11.3. The van der Waals surface area contributed by atoms with Gasteiger partial charge in [-0.25, -0.2) is 9.97 Å². The maximum absolute atomic E-state index is 5.24. The van der Waals surface area contributed by atoms with Crippen molar-refractivity contribution in [1.29, 1.82) is 0 Å². The zero-order chi connectivity index (χ0) is 28.7. The second-order valence-corrected chi connectivity index (χ2v) is 11.2. The third-order valence-electron chi connectivity index (χ3n) is 6.36. The third kappa shape index (κ3) is 10.6. The van der Waals surface area contributed by atoms with Gasteiger partial charge in [-0.3, -0.25) is 0 Å². The van der Waals surface area contributed by atoms with E-state index in [1.807, 2.05) is 43.3 Å². The summed E-state index contributed by atoms with van der Waals surface area (Å²) >= 11 is 2.93. The summed E-state index contributed by atoms with van der Waals surface area (Å²) in [6, 6.07) is 16.0. The second kappa shape index (κ2) is 16.9. The van der Waals surface area contributed by atoms with Crippen LogP contribution in [-0.2, 0) is 12.8 Å². The quantitative estimate of drug-likeness (QED) is 0.294. The van der Waals surface area contributed by atoms with Gasteiger partial charge in [0.05, 0.1) is 14.2 Å². The van der Waals surface area contributed by atoms with Crippen LogP contribution in [0.2, 0.25) is 0 Å². The summed E-state index contributed by atoms with van der Waals surface area (Å²) in [5.74, 6) is 3.52. The van der Waals surface area contributed by atoms with Crippen molar-refractivity contribution in [3.8, 4) is 11.5 Å². The van der Waals surface area contributed by atoms with Crippen molar-refractivity contribution in [2.24, 2.45) is 0 Å². The van der Waals surface area contributed by atoms with E-state index in [9.17, 15) is 0 Å². The highest BCUT2D eigenvalue weighted by Gasteiger charge is 2.15. The van der Waals surface area contributed by atoms with Gasteiger partial charge in [0, 0.05) is 76.7 Å². The molecule has 12 heteroatoms. The molecule has 2 aromatic heterocycles. The van der Waals surface area contributed by atoms with E-state index in [4.69, 9.17) is 9.47 Å². The molecule has 0 saturated carbocycles. The van der Waals surface area contributed by atoms with Crippen molar-refractivity contribution in [1.82, 2.24) is 34.7 Å². The van der Waals surface area contributed by atoms with Gasteiger partial charge in [-0.15, -0.1) is 0 Å². The molecule has 41 heavy (non-hydrogen) atoms. The Hall–Kier alpha value is -3.16. The van der Waals surface area contributed by atoms with Gasteiger partial charge in [-0.2, -0.15) is 8.75 Å². The van der Waals surface area contributed by atoms with Crippen LogP contribution in [0.1, 0.15) is 27.8 Å². The number of hydrogen-bond acceptors (Lipinski definition) is 12. The van der Waals surface area contributed by atoms with E-state index in [0.717, 1.165) is 98.5 Å². The molecular formula is C29H40N8O2S2. The highest BCUT2D eigenvalue weighted by atomic mass is 32.1. The molecular weight excluding hydrogens is 557 g/mol. The number of methoxy groups -OCH3 is 2. The van der Waals surface area contributed by atoms with E-state index in [2.05, 4.69) is 51.7 Å². The maximum Gasteiger partial charge on any atom is 0.205 e. The molecule has 10 nitrogen and oxygen atoms in total. The van der Waals surface area contributed by atoms with Gasteiger partial charge in [0.25, 0.3) is 0 Å². The van der Waals surface area contributed by atoms with E-state index in [1.54, 1.807) is 14.2 Å². The molecule has 0 bridgehead atoms. The Morgan fingerprint density at radius 3 is 1.71 bits per heavy atom. The summed E-state index contributed by atoms with van der Waals surface area (Å²) in [7, 11) is 3.35. The topological polar surface area (TPSA) is 109 Å². The van der Waals surface area contributed by atoms with Crippen molar-refractivity contribution < 1.29 is 9.47 Å². The van der Waals surface area contributed by atoms with Crippen molar-refractivity contribution in [2.45, 2.75) is 19.8 Å². The summed E-state index contributed by atoms with van der Waals surface area (Å²) in [5, 5.41) is 11.8. The van der Waals surface area contributed by atoms with Crippen LogP contribution in [0.5, 0.6) is 11.5 Å². The minimum Gasteiger partial charge on any atom is -0.497 e.